The molecule has 12 heteroatoms. The highest BCUT2D eigenvalue weighted by Crippen LogP contribution is 2.31. The molecule has 0 radical (unpaired) electrons. The lowest BCUT2D eigenvalue weighted by atomic mass is 10.1. The van der Waals surface area contributed by atoms with E-state index in [0.29, 0.717) is 41.2 Å². The number of aliphatic hydroxyl groups is 1. The number of anilines is 1. The van der Waals surface area contributed by atoms with Gasteiger partial charge in [-0.3, -0.25) is 4.68 Å². The van der Waals surface area contributed by atoms with Gasteiger partial charge in [0.15, 0.2) is 11.8 Å². The van der Waals surface area contributed by atoms with Crippen LogP contribution in [0.2, 0.25) is 5.02 Å². The molecule has 11 nitrogen and oxygen atoms in total. The Kier molecular flexibility index (Phi) is 7.59. The Labute approximate surface area is 230 Å². The zero-order valence-corrected chi connectivity index (χ0v) is 22.7. The summed E-state index contributed by atoms with van der Waals surface area (Å²) >= 11 is 6.55. The van der Waals surface area contributed by atoms with Gasteiger partial charge in [-0.15, -0.1) is 0 Å². The molecule has 6 heterocycles. The van der Waals surface area contributed by atoms with Crippen LogP contribution < -0.4 is 10.1 Å². The summed E-state index contributed by atoms with van der Waals surface area (Å²) in [6.45, 7) is 6.56. The number of halogens is 1. The van der Waals surface area contributed by atoms with Crippen LogP contribution in [0.4, 0.5) is 5.82 Å². The van der Waals surface area contributed by atoms with Crippen molar-refractivity contribution in [3.63, 3.8) is 0 Å². The Morgan fingerprint density at radius 1 is 1.15 bits per heavy atom. The maximum absolute atomic E-state index is 9.94. The number of aromatic amines is 1. The van der Waals surface area contributed by atoms with Crippen molar-refractivity contribution in [1.82, 2.24) is 24.7 Å². The molecule has 0 amide bonds. The summed E-state index contributed by atoms with van der Waals surface area (Å²) in [7, 11) is 0. The van der Waals surface area contributed by atoms with Crippen molar-refractivity contribution < 1.29 is 24.1 Å². The number of benzene rings is 1. The lowest BCUT2D eigenvalue weighted by molar-refractivity contribution is 0.00706. The van der Waals surface area contributed by atoms with Gasteiger partial charge in [0.2, 0.25) is 0 Å². The Hall–Kier alpha value is -2.96. The van der Waals surface area contributed by atoms with E-state index in [9.17, 15) is 5.11 Å². The van der Waals surface area contributed by atoms with Gasteiger partial charge in [0, 0.05) is 12.0 Å². The van der Waals surface area contributed by atoms with Gasteiger partial charge in [0.1, 0.15) is 24.1 Å². The summed E-state index contributed by atoms with van der Waals surface area (Å²) in [6, 6.07) is 10.3. The molecule has 5 atom stereocenters. The van der Waals surface area contributed by atoms with Crippen LogP contribution in [0.15, 0.2) is 30.3 Å². The van der Waals surface area contributed by atoms with Crippen LogP contribution >= 0.6 is 11.6 Å². The number of ether oxygens (including phenoxy) is 4. The van der Waals surface area contributed by atoms with Crippen molar-refractivity contribution >= 4 is 39.5 Å². The van der Waals surface area contributed by atoms with Crippen LogP contribution in [-0.4, -0.2) is 80.2 Å². The lowest BCUT2D eigenvalue weighted by Gasteiger charge is -2.15. The monoisotopic (exact) mass is 556 g/mol. The standard InChI is InChI=1S/C25H27ClN6O5.C2H6/c26-15-8-16-24(30-25(28-16)37-20-12-36-21-19(33)11-35-22(20)21)29-23(15)27-9-17-14-5-1-2-6-18(14)32(31-17)10-13-4-3-7-34-13;1-2/h1-2,5-6,8,13,19-22,33H,3-4,7,9-12H2,(H2,27,28,29,30);1-2H3/t13?,19-,20-,21-,22-;/m1./s1. The highest BCUT2D eigenvalue weighted by atomic mass is 35.5. The third-order valence-corrected chi connectivity index (χ3v) is 7.50. The van der Waals surface area contributed by atoms with Crippen molar-refractivity contribution in [3.8, 4) is 6.01 Å². The molecule has 0 bridgehead atoms. The maximum atomic E-state index is 9.94. The van der Waals surface area contributed by atoms with Crippen molar-refractivity contribution in [1.29, 1.82) is 0 Å². The summed E-state index contributed by atoms with van der Waals surface area (Å²) in [6.07, 6.45) is 0.648. The molecular weight excluding hydrogens is 524 g/mol. The fourth-order valence-corrected chi connectivity index (χ4v) is 5.60. The molecule has 0 saturated carbocycles. The van der Waals surface area contributed by atoms with E-state index in [-0.39, 0.29) is 31.0 Å². The summed E-state index contributed by atoms with van der Waals surface area (Å²) in [5.41, 5.74) is 3.11. The third-order valence-electron chi connectivity index (χ3n) is 7.21. The first-order valence-corrected chi connectivity index (χ1v) is 13.9. The first kappa shape index (κ1) is 26.3. The van der Waals surface area contributed by atoms with E-state index in [1.165, 1.54) is 0 Å². The minimum absolute atomic E-state index is 0.200. The number of nitrogens with zero attached hydrogens (tertiary/aromatic N) is 4. The van der Waals surface area contributed by atoms with Crippen LogP contribution in [0.5, 0.6) is 6.01 Å². The minimum Gasteiger partial charge on any atom is -0.456 e. The average Bonchev–Trinajstić information content (AvgIpc) is 3.77. The van der Waals surface area contributed by atoms with E-state index in [2.05, 4.69) is 32.4 Å². The van der Waals surface area contributed by atoms with E-state index in [1.807, 2.05) is 30.7 Å². The molecule has 3 saturated heterocycles. The molecule has 1 aromatic carbocycles. The quantitative estimate of drug-likeness (QED) is 0.312. The zero-order chi connectivity index (χ0) is 26.9. The van der Waals surface area contributed by atoms with E-state index >= 15 is 0 Å². The van der Waals surface area contributed by atoms with E-state index in [0.717, 1.165) is 42.6 Å². The highest BCUT2D eigenvalue weighted by Gasteiger charge is 2.48. The Balaban J connectivity index is 0.00000135. The molecule has 0 aliphatic carbocycles. The number of hydrogen-bond donors (Lipinski definition) is 3. The summed E-state index contributed by atoms with van der Waals surface area (Å²) < 4.78 is 25.1. The van der Waals surface area contributed by atoms with Crippen molar-refractivity contribution in [3.05, 3.63) is 41.0 Å². The smallest absolute Gasteiger partial charge is 0.296 e. The fourth-order valence-electron chi connectivity index (χ4n) is 5.38. The number of fused-ring (bicyclic) bond motifs is 3. The molecular formula is C27H33ClN6O5. The molecule has 3 fully saturated rings. The molecule has 3 N–H and O–H groups in total. The lowest BCUT2D eigenvalue weighted by Crippen LogP contribution is -2.34. The SMILES string of the molecule is CC.O[C@@H]1CO[C@H]2[C@@H]1OC[C@H]2Oc1nc2nc(NCc3nn(CC4CCCO4)c4ccccc34)c(Cl)cc2[nH]1. The van der Waals surface area contributed by atoms with Gasteiger partial charge in [0.05, 0.1) is 54.2 Å². The first-order chi connectivity index (χ1) is 19.1. The number of nitrogens with one attached hydrogen (secondary N) is 2. The number of H-pyrrole nitrogens is 1. The number of aromatic nitrogens is 5. The maximum Gasteiger partial charge on any atom is 0.296 e. The molecule has 208 valence electrons. The van der Waals surface area contributed by atoms with Gasteiger partial charge in [0.25, 0.3) is 6.01 Å². The number of imidazole rings is 1. The second-order valence-corrected chi connectivity index (χ2v) is 10.1. The van der Waals surface area contributed by atoms with E-state index in [1.54, 1.807) is 6.07 Å². The van der Waals surface area contributed by atoms with Gasteiger partial charge < -0.3 is 34.4 Å². The van der Waals surface area contributed by atoms with Gasteiger partial charge in [-0.25, -0.2) is 4.98 Å². The summed E-state index contributed by atoms with van der Waals surface area (Å²) in [4.78, 5) is 12.2. The van der Waals surface area contributed by atoms with Crippen LogP contribution in [0.1, 0.15) is 32.4 Å². The number of para-hydroxylation sites is 1. The van der Waals surface area contributed by atoms with E-state index < -0.39 is 6.10 Å². The van der Waals surface area contributed by atoms with Gasteiger partial charge in [-0.2, -0.15) is 10.1 Å². The molecule has 0 spiro atoms. The predicted molar refractivity (Wildman–Crippen MR) is 146 cm³/mol. The van der Waals surface area contributed by atoms with Gasteiger partial charge in [-0.1, -0.05) is 43.6 Å². The van der Waals surface area contributed by atoms with Gasteiger partial charge in [-0.05, 0) is 25.0 Å². The number of aliphatic hydroxyl groups excluding tert-OH is 1. The topological polar surface area (TPSA) is 129 Å². The number of pyridine rings is 1. The highest BCUT2D eigenvalue weighted by molar-refractivity contribution is 6.33. The second-order valence-electron chi connectivity index (χ2n) is 9.69. The van der Waals surface area contributed by atoms with Crippen LogP contribution in [0, 0.1) is 0 Å². The average molecular weight is 557 g/mol. The Morgan fingerprint density at radius 3 is 2.85 bits per heavy atom. The first-order valence-electron chi connectivity index (χ1n) is 13.6. The van der Waals surface area contributed by atoms with Crippen molar-refractivity contribution in [2.45, 2.75) is 70.3 Å². The Bertz CT molecular complexity index is 1440. The fraction of sp³-hybridized carbons (Fsp3) is 0.519. The molecule has 39 heavy (non-hydrogen) atoms. The molecule has 3 aromatic heterocycles. The normalized spacial score (nSPS) is 26.1. The Morgan fingerprint density at radius 2 is 2.00 bits per heavy atom. The summed E-state index contributed by atoms with van der Waals surface area (Å²) in [5, 5.41) is 19.7. The second kappa shape index (κ2) is 11.3. The number of hydrogen-bond acceptors (Lipinski definition) is 9. The molecule has 1 unspecified atom stereocenters. The van der Waals surface area contributed by atoms with Crippen LogP contribution in [0.3, 0.4) is 0 Å². The van der Waals surface area contributed by atoms with E-state index in [4.69, 9.17) is 35.6 Å². The minimum atomic E-state index is -0.636. The molecule has 7 rings (SSSR count). The summed E-state index contributed by atoms with van der Waals surface area (Å²) in [5.74, 6) is 0.511. The largest absolute Gasteiger partial charge is 0.456 e. The van der Waals surface area contributed by atoms with Crippen LogP contribution in [-0.2, 0) is 27.3 Å². The van der Waals surface area contributed by atoms with Crippen molar-refractivity contribution in [2.24, 2.45) is 0 Å². The zero-order valence-electron chi connectivity index (χ0n) is 22.0. The third kappa shape index (κ3) is 5.17. The van der Waals surface area contributed by atoms with Crippen LogP contribution in [0.25, 0.3) is 22.1 Å². The molecule has 3 aliphatic rings. The number of rotatable bonds is 7. The van der Waals surface area contributed by atoms with Gasteiger partial charge >= 0.3 is 0 Å². The molecule has 4 aromatic rings. The molecule has 3 aliphatic heterocycles. The van der Waals surface area contributed by atoms with Crippen molar-refractivity contribution in [2.75, 3.05) is 25.1 Å². The predicted octanol–water partition coefficient (Wildman–Crippen LogP) is 3.68.